The van der Waals surface area contributed by atoms with E-state index in [1.165, 1.54) is 11.1 Å². The Bertz CT molecular complexity index is 843. The Labute approximate surface area is 145 Å². The second-order valence-corrected chi connectivity index (χ2v) is 5.51. The number of carbonyl (C=O) groups is 2. The number of rotatable bonds is 4. The van der Waals surface area contributed by atoms with Crippen molar-refractivity contribution in [1.82, 2.24) is 5.01 Å². The highest BCUT2D eigenvalue weighted by Gasteiger charge is 2.29. The third-order valence-electron chi connectivity index (χ3n) is 3.93. The number of benzene rings is 2. The second kappa shape index (κ2) is 7.00. The number of fused-ring (bicyclic) bond motifs is 1. The average Bonchev–Trinajstić information content (AvgIpc) is 2.65. The summed E-state index contributed by atoms with van der Waals surface area (Å²) in [7, 11) is 0. The Kier molecular flexibility index (Phi) is 4.61. The van der Waals surface area contributed by atoms with Gasteiger partial charge in [0, 0.05) is 5.56 Å². The summed E-state index contributed by atoms with van der Waals surface area (Å²) in [4.78, 5) is 22.9. The number of carbonyl (C=O) groups excluding carboxylic acids is 2. The predicted molar refractivity (Wildman–Crippen MR) is 93.7 cm³/mol. The third-order valence-corrected chi connectivity index (χ3v) is 3.93. The topological polar surface area (TPSA) is 85.0 Å². The molecule has 2 N–H and O–H groups in total. The van der Waals surface area contributed by atoms with E-state index >= 15 is 0 Å². The van der Waals surface area contributed by atoms with Gasteiger partial charge in [0.25, 0.3) is 5.91 Å². The van der Waals surface area contributed by atoms with Crippen molar-refractivity contribution in [1.29, 1.82) is 0 Å². The van der Waals surface area contributed by atoms with Crippen molar-refractivity contribution in [3.05, 3.63) is 83.4 Å². The van der Waals surface area contributed by atoms with Gasteiger partial charge in [0.15, 0.2) is 0 Å². The largest absolute Gasteiger partial charge is 0.445 e. The number of hydrazone groups is 1. The van der Waals surface area contributed by atoms with Gasteiger partial charge in [0.2, 0.25) is 0 Å². The summed E-state index contributed by atoms with van der Waals surface area (Å²) < 4.78 is 4.78. The summed E-state index contributed by atoms with van der Waals surface area (Å²) in [5.74, 6) is -0.281. The van der Waals surface area contributed by atoms with Crippen LogP contribution in [0.1, 0.15) is 28.3 Å². The number of nitrogens with zero attached hydrogens (tertiary/aromatic N) is 2. The molecular formula is C19H17N3O3. The van der Waals surface area contributed by atoms with Gasteiger partial charge in [-0.3, -0.25) is 4.79 Å². The first kappa shape index (κ1) is 16.4. The average molecular weight is 335 g/mol. The molecule has 1 aliphatic rings. The van der Waals surface area contributed by atoms with Gasteiger partial charge in [-0.1, -0.05) is 55.1 Å². The van der Waals surface area contributed by atoms with Crippen LogP contribution in [0.2, 0.25) is 0 Å². The number of ether oxygens (including phenoxy) is 1. The van der Waals surface area contributed by atoms with Crippen molar-refractivity contribution in [3.8, 4) is 0 Å². The summed E-state index contributed by atoms with van der Waals surface area (Å²) in [6.45, 7) is 3.65. The molecule has 0 fully saturated rings. The summed E-state index contributed by atoms with van der Waals surface area (Å²) in [5, 5.41) is 5.69. The first-order chi connectivity index (χ1) is 12.1. The standard InChI is InChI=1S/C19H17N3O3/c1-2-17(23)22-18(16-6-4-3-5-15(16)11-21-22)14-9-7-13(8-10-14)12-25-19(20)24/h2-11,18H,1,12H2,(H2,20,24). The maximum atomic E-state index is 12.2. The lowest BCUT2D eigenvalue weighted by atomic mass is 9.92. The van der Waals surface area contributed by atoms with Crippen molar-refractivity contribution in [2.45, 2.75) is 12.6 Å². The molecule has 0 saturated heterocycles. The molecule has 1 atom stereocenters. The molecule has 25 heavy (non-hydrogen) atoms. The zero-order valence-corrected chi connectivity index (χ0v) is 13.5. The molecule has 3 rings (SSSR count). The van der Waals surface area contributed by atoms with Crippen LogP contribution in [0.15, 0.2) is 66.3 Å². The van der Waals surface area contributed by atoms with Crippen molar-refractivity contribution in [3.63, 3.8) is 0 Å². The first-order valence-electron chi connectivity index (χ1n) is 7.69. The highest BCUT2D eigenvalue weighted by atomic mass is 16.5. The van der Waals surface area contributed by atoms with Crippen molar-refractivity contribution < 1.29 is 14.3 Å². The van der Waals surface area contributed by atoms with Gasteiger partial charge >= 0.3 is 6.09 Å². The van der Waals surface area contributed by atoms with Crippen LogP contribution in [-0.4, -0.2) is 23.2 Å². The number of primary amides is 1. The van der Waals surface area contributed by atoms with E-state index in [4.69, 9.17) is 10.5 Å². The number of amides is 2. The minimum Gasteiger partial charge on any atom is -0.445 e. The molecule has 2 aromatic carbocycles. The van der Waals surface area contributed by atoms with Gasteiger partial charge in [-0.2, -0.15) is 5.10 Å². The monoisotopic (exact) mass is 335 g/mol. The van der Waals surface area contributed by atoms with Crippen molar-refractivity contribution in [2.24, 2.45) is 10.8 Å². The predicted octanol–water partition coefficient (Wildman–Crippen LogP) is 2.73. The zero-order valence-electron chi connectivity index (χ0n) is 13.5. The molecule has 1 unspecified atom stereocenters. The van der Waals surface area contributed by atoms with Crippen LogP contribution >= 0.6 is 0 Å². The summed E-state index contributed by atoms with van der Waals surface area (Å²) >= 11 is 0. The molecule has 0 aliphatic carbocycles. The smallest absolute Gasteiger partial charge is 0.404 e. The number of hydrogen-bond donors (Lipinski definition) is 1. The SMILES string of the molecule is C=CC(=O)N1N=Cc2ccccc2C1c1ccc(COC(N)=O)cc1. The van der Waals surface area contributed by atoms with E-state index in [0.29, 0.717) is 0 Å². The van der Waals surface area contributed by atoms with Gasteiger partial charge in [-0.15, -0.1) is 0 Å². The molecule has 0 saturated carbocycles. The fourth-order valence-corrected chi connectivity index (χ4v) is 2.75. The first-order valence-corrected chi connectivity index (χ1v) is 7.69. The van der Waals surface area contributed by atoms with E-state index in [1.54, 1.807) is 6.21 Å². The lowest BCUT2D eigenvalue weighted by molar-refractivity contribution is -0.127. The summed E-state index contributed by atoms with van der Waals surface area (Å²) in [6.07, 6.45) is 2.10. The molecule has 0 spiro atoms. The normalized spacial score (nSPS) is 15.4. The van der Waals surface area contributed by atoms with Gasteiger partial charge in [-0.25, -0.2) is 9.80 Å². The number of nitrogens with two attached hydrogens (primary N) is 1. The van der Waals surface area contributed by atoms with E-state index in [0.717, 1.165) is 22.3 Å². The Morgan fingerprint density at radius 3 is 2.60 bits per heavy atom. The highest BCUT2D eigenvalue weighted by molar-refractivity contribution is 5.91. The van der Waals surface area contributed by atoms with E-state index in [1.807, 2.05) is 48.5 Å². The number of hydrogen-bond acceptors (Lipinski definition) is 4. The molecule has 0 aromatic heterocycles. The van der Waals surface area contributed by atoms with Crippen LogP contribution in [-0.2, 0) is 16.1 Å². The van der Waals surface area contributed by atoms with Crippen LogP contribution < -0.4 is 5.73 Å². The minimum absolute atomic E-state index is 0.102. The van der Waals surface area contributed by atoms with Gasteiger partial charge in [0.1, 0.15) is 12.6 Å². The zero-order chi connectivity index (χ0) is 17.8. The molecular weight excluding hydrogens is 318 g/mol. The molecule has 126 valence electrons. The molecule has 0 radical (unpaired) electrons. The molecule has 6 nitrogen and oxygen atoms in total. The fraction of sp³-hybridized carbons (Fsp3) is 0.105. The van der Waals surface area contributed by atoms with Crippen LogP contribution in [0.4, 0.5) is 4.79 Å². The molecule has 1 heterocycles. The Morgan fingerprint density at radius 1 is 1.20 bits per heavy atom. The molecule has 2 amide bonds. The maximum absolute atomic E-state index is 12.2. The van der Waals surface area contributed by atoms with Gasteiger partial charge < -0.3 is 10.5 Å². The Balaban J connectivity index is 1.96. The van der Waals surface area contributed by atoms with Crippen molar-refractivity contribution >= 4 is 18.2 Å². The lowest BCUT2D eigenvalue weighted by Crippen LogP contribution is -2.33. The van der Waals surface area contributed by atoms with Crippen LogP contribution in [0.5, 0.6) is 0 Å². The maximum Gasteiger partial charge on any atom is 0.404 e. The molecule has 0 bridgehead atoms. The Morgan fingerprint density at radius 2 is 1.92 bits per heavy atom. The second-order valence-electron chi connectivity index (χ2n) is 5.51. The minimum atomic E-state index is -0.817. The van der Waals surface area contributed by atoms with Crippen LogP contribution in [0.25, 0.3) is 0 Å². The quantitative estimate of drug-likeness (QED) is 0.872. The fourth-order valence-electron chi connectivity index (χ4n) is 2.75. The molecule has 2 aromatic rings. The summed E-state index contributed by atoms with van der Waals surface area (Å²) in [6, 6.07) is 14.9. The molecule has 1 aliphatic heterocycles. The van der Waals surface area contributed by atoms with E-state index < -0.39 is 6.09 Å². The highest BCUT2D eigenvalue weighted by Crippen LogP contribution is 2.34. The van der Waals surface area contributed by atoms with Gasteiger partial charge in [-0.05, 0) is 22.8 Å². The van der Waals surface area contributed by atoms with Gasteiger partial charge in [0.05, 0.1) is 6.21 Å². The van der Waals surface area contributed by atoms with E-state index in [-0.39, 0.29) is 18.6 Å². The van der Waals surface area contributed by atoms with Crippen LogP contribution in [0.3, 0.4) is 0 Å². The molecule has 6 heteroatoms. The van der Waals surface area contributed by atoms with Crippen molar-refractivity contribution in [2.75, 3.05) is 0 Å². The summed E-state index contributed by atoms with van der Waals surface area (Å²) in [5.41, 5.74) is 8.61. The van der Waals surface area contributed by atoms with E-state index in [2.05, 4.69) is 11.7 Å². The lowest BCUT2D eigenvalue weighted by Gasteiger charge is -2.31. The third kappa shape index (κ3) is 3.42. The van der Waals surface area contributed by atoms with E-state index in [9.17, 15) is 9.59 Å². The Hall–Kier alpha value is -3.41. The van der Waals surface area contributed by atoms with Crippen LogP contribution in [0, 0.1) is 0 Å².